The van der Waals surface area contributed by atoms with Gasteiger partial charge in [-0.3, -0.25) is 14.8 Å². The first-order valence-electron chi connectivity index (χ1n) is 10.5. The molecule has 2 N–H and O–H groups in total. The van der Waals surface area contributed by atoms with Crippen LogP contribution in [0.25, 0.3) is 0 Å². The van der Waals surface area contributed by atoms with Crippen LogP contribution < -0.4 is 5.73 Å². The molecule has 0 bridgehead atoms. The molecule has 172 valence electrons. The molecule has 1 aromatic heterocycles. The molecule has 1 spiro atoms. The Hall–Kier alpha value is -2.83. The van der Waals surface area contributed by atoms with E-state index in [0.717, 1.165) is 12.8 Å². The van der Waals surface area contributed by atoms with E-state index in [1.165, 1.54) is 37.4 Å². The average molecular weight is 489 g/mol. The van der Waals surface area contributed by atoms with Gasteiger partial charge in [-0.15, -0.1) is 0 Å². The third kappa shape index (κ3) is 3.91. The van der Waals surface area contributed by atoms with E-state index in [1.54, 1.807) is 0 Å². The van der Waals surface area contributed by atoms with Crippen molar-refractivity contribution in [2.45, 2.75) is 49.3 Å². The van der Waals surface area contributed by atoms with Crippen LogP contribution in [0.1, 0.15) is 59.8 Å². The van der Waals surface area contributed by atoms with E-state index in [9.17, 15) is 22.9 Å². The summed E-state index contributed by atoms with van der Waals surface area (Å²) in [7, 11) is -3.68. The molecule has 4 rings (SSSR count). The molecule has 10 heteroatoms. The van der Waals surface area contributed by atoms with Gasteiger partial charge in [-0.05, 0) is 43.5 Å². The number of rotatable bonds is 4. The zero-order valence-corrected chi connectivity index (χ0v) is 19.5. The van der Waals surface area contributed by atoms with Gasteiger partial charge in [-0.25, -0.2) is 12.8 Å². The van der Waals surface area contributed by atoms with Gasteiger partial charge in [-0.2, -0.15) is 5.26 Å². The highest BCUT2D eigenvalue weighted by Gasteiger charge is 2.56. The molecule has 1 fully saturated rings. The number of aliphatic imine (C=N–C) groups is 1. The Balaban J connectivity index is 1.71. The summed E-state index contributed by atoms with van der Waals surface area (Å²) < 4.78 is 40.3. The van der Waals surface area contributed by atoms with Crippen molar-refractivity contribution in [2.75, 3.05) is 5.75 Å². The van der Waals surface area contributed by atoms with E-state index < -0.39 is 31.7 Å². The largest absolute Gasteiger partial charge is 0.386 e. The quantitative estimate of drug-likeness (QED) is 0.656. The Morgan fingerprint density at radius 3 is 2.64 bits per heavy atom. The van der Waals surface area contributed by atoms with Crippen LogP contribution in [0, 0.1) is 17.1 Å². The Morgan fingerprint density at radius 2 is 2.00 bits per heavy atom. The first kappa shape index (κ1) is 23.3. The Kier molecular flexibility index (Phi) is 5.79. The van der Waals surface area contributed by atoms with Gasteiger partial charge in [0.25, 0.3) is 0 Å². The molecule has 1 aromatic carbocycles. The molecule has 0 amide bonds. The van der Waals surface area contributed by atoms with Crippen LogP contribution in [0.15, 0.2) is 35.5 Å². The standard InChI is InChI=1S/C23H22ClFN4O3S/c1-22(13-33(31,32)23(21(27)29-22)6-2-3-7-23)17-8-14(4-5-18(17)25)9-19(30)20-15(11-26)10-16(24)12-28-20/h4-5,8,10,12H,2-3,6-7,9,13H2,1H3,(H2,27,29)/t22-/m0/s1. The number of nitrogens with two attached hydrogens (primary N) is 1. The average Bonchev–Trinajstić information content (AvgIpc) is 3.25. The van der Waals surface area contributed by atoms with E-state index in [1.807, 2.05) is 6.07 Å². The minimum Gasteiger partial charge on any atom is -0.386 e. The van der Waals surface area contributed by atoms with Gasteiger partial charge >= 0.3 is 0 Å². The van der Waals surface area contributed by atoms with Crippen molar-refractivity contribution in [3.8, 4) is 6.07 Å². The van der Waals surface area contributed by atoms with Crippen LogP contribution in [0.4, 0.5) is 4.39 Å². The van der Waals surface area contributed by atoms with Crippen LogP contribution in [0.2, 0.25) is 5.02 Å². The van der Waals surface area contributed by atoms with Gasteiger partial charge in [0.15, 0.2) is 15.6 Å². The fraction of sp³-hybridized carbons (Fsp3) is 0.391. The maximum Gasteiger partial charge on any atom is 0.186 e. The summed E-state index contributed by atoms with van der Waals surface area (Å²) >= 11 is 5.84. The monoisotopic (exact) mass is 488 g/mol. The summed E-state index contributed by atoms with van der Waals surface area (Å²) in [4.78, 5) is 21.3. The third-order valence-electron chi connectivity index (χ3n) is 6.53. The number of hydrogen-bond donors (Lipinski definition) is 1. The maximum atomic E-state index is 14.9. The first-order valence-corrected chi connectivity index (χ1v) is 12.5. The van der Waals surface area contributed by atoms with Crippen molar-refractivity contribution in [3.05, 3.63) is 63.7 Å². The first-order chi connectivity index (χ1) is 15.5. The number of halogens is 2. The lowest BCUT2D eigenvalue weighted by atomic mass is 9.90. The summed E-state index contributed by atoms with van der Waals surface area (Å²) in [5.74, 6) is -1.43. The van der Waals surface area contributed by atoms with Crippen molar-refractivity contribution in [1.82, 2.24) is 4.98 Å². The number of aromatic nitrogens is 1. The number of Topliss-reactive ketones (excluding diaryl/α,β-unsaturated/α-hetero) is 1. The highest BCUT2D eigenvalue weighted by Crippen LogP contribution is 2.45. The minimum absolute atomic E-state index is 0.0265. The smallest absolute Gasteiger partial charge is 0.186 e. The fourth-order valence-electron chi connectivity index (χ4n) is 4.83. The molecular weight excluding hydrogens is 467 g/mol. The minimum atomic E-state index is -3.68. The van der Waals surface area contributed by atoms with Crippen molar-refractivity contribution >= 4 is 33.1 Å². The zero-order valence-electron chi connectivity index (χ0n) is 17.9. The maximum absolute atomic E-state index is 14.9. The Labute approximate surface area is 196 Å². The fourth-order valence-corrected chi connectivity index (χ4v) is 7.50. The molecule has 0 saturated heterocycles. The molecule has 0 unspecified atom stereocenters. The van der Waals surface area contributed by atoms with Crippen LogP contribution in [0.3, 0.4) is 0 Å². The molecule has 0 radical (unpaired) electrons. The van der Waals surface area contributed by atoms with E-state index in [4.69, 9.17) is 17.3 Å². The summed E-state index contributed by atoms with van der Waals surface area (Å²) in [6, 6.07) is 7.30. The number of sulfone groups is 1. The Bertz CT molecular complexity index is 1330. The van der Waals surface area contributed by atoms with Crippen LogP contribution in [0.5, 0.6) is 0 Å². The lowest BCUT2D eigenvalue weighted by Crippen LogP contribution is -2.56. The lowest BCUT2D eigenvalue weighted by molar-refractivity contribution is 0.0988. The molecule has 1 aliphatic heterocycles. The second-order valence-corrected chi connectivity index (χ2v) is 11.5. The van der Waals surface area contributed by atoms with Gasteiger partial charge in [0, 0.05) is 18.2 Å². The van der Waals surface area contributed by atoms with Crippen molar-refractivity contribution in [1.29, 1.82) is 5.26 Å². The summed E-state index contributed by atoms with van der Waals surface area (Å²) in [5, 5.41) is 9.50. The summed E-state index contributed by atoms with van der Waals surface area (Å²) in [6.07, 6.45) is 3.46. The molecule has 2 aliphatic rings. The highest BCUT2D eigenvalue weighted by atomic mass is 35.5. The topological polar surface area (TPSA) is 126 Å². The molecule has 33 heavy (non-hydrogen) atoms. The van der Waals surface area contributed by atoms with E-state index >= 15 is 0 Å². The van der Waals surface area contributed by atoms with E-state index in [2.05, 4.69) is 9.98 Å². The zero-order chi connectivity index (χ0) is 24.0. The third-order valence-corrected chi connectivity index (χ3v) is 9.48. The van der Waals surface area contributed by atoms with Crippen LogP contribution >= 0.6 is 11.6 Å². The van der Waals surface area contributed by atoms with Gasteiger partial charge in [0.05, 0.1) is 16.3 Å². The normalized spacial score (nSPS) is 23.2. The number of carbonyl (C=O) groups is 1. The Morgan fingerprint density at radius 1 is 1.30 bits per heavy atom. The number of nitriles is 1. The molecule has 2 heterocycles. The highest BCUT2D eigenvalue weighted by molar-refractivity contribution is 7.93. The second-order valence-electron chi connectivity index (χ2n) is 8.81. The number of ketones is 1. The second kappa shape index (κ2) is 8.19. The van der Waals surface area contributed by atoms with Gasteiger partial charge < -0.3 is 5.73 Å². The number of hydrogen-bond acceptors (Lipinski definition) is 7. The molecular formula is C23H22ClFN4O3S. The van der Waals surface area contributed by atoms with Crippen LogP contribution in [-0.2, 0) is 21.8 Å². The number of pyridine rings is 1. The van der Waals surface area contributed by atoms with E-state index in [0.29, 0.717) is 18.4 Å². The number of nitrogens with zero attached hydrogens (tertiary/aromatic N) is 3. The SMILES string of the molecule is C[C@@]1(c2cc(CC(=O)c3ncc(Cl)cc3C#N)ccc2F)CS(=O)(=O)C2(CCCC2)C(N)=N1. The van der Waals surface area contributed by atoms with Crippen LogP contribution in [-0.4, -0.2) is 35.5 Å². The van der Waals surface area contributed by atoms with Crippen molar-refractivity contribution in [3.63, 3.8) is 0 Å². The van der Waals surface area contributed by atoms with E-state index in [-0.39, 0.29) is 39.9 Å². The predicted octanol–water partition coefficient (Wildman–Crippen LogP) is 3.48. The molecule has 1 aliphatic carbocycles. The van der Waals surface area contributed by atoms with Crippen molar-refractivity contribution in [2.24, 2.45) is 10.7 Å². The van der Waals surface area contributed by atoms with Gasteiger partial charge in [-0.1, -0.05) is 30.5 Å². The van der Waals surface area contributed by atoms with Gasteiger partial charge in [0.2, 0.25) is 0 Å². The predicted molar refractivity (Wildman–Crippen MR) is 122 cm³/mol. The molecule has 1 saturated carbocycles. The summed E-state index contributed by atoms with van der Waals surface area (Å²) in [6.45, 7) is 1.54. The van der Waals surface area contributed by atoms with Crippen molar-refractivity contribution < 1.29 is 17.6 Å². The van der Waals surface area contributed by atoms with Gasteiger partial charge in [0.1, 0.15) is 33.7 Å². The lowest BCUT2D eigenvalue weighted by Gasteiger charge is -2.39. The molecule has 2 aromatic rings. The number of benzene rings is 1. The molecule has 7 nitrogen and oxygen atoms in total. The molecule has 1 atom stereocenters. The number of carbonyl (C=O) groups excluding carboxylic acids is 1. The number of amidine groups is 1. The summed E-state index contributed by atoms with van der Waals surface area (Å²) in [5.41, 5.74) is 5.27.